The zero-order chi connectivity index (χ0) is 19.6. The highest BCUT2D eigenvalue weighted by Gasteiger charge is 2.22. The van der Waals surface area contributed by atoms with Crippen molar-refractivity contribution >= 4 is 17.1 Å². The monoisotopic (exact) mass is 368 g/mol. The summed E-state index contributed by atoms with van der Waals surface area (Å²) < 4.78 is 17.4. The molecule has 3 aromatic rings. The zero-order valence-electron chi connectivity index (χ0n) is 16.3. The van der Waals surface area contributed by atoms with Gasteiger partial charge in [-0.1, -0.05) is 6.07 Å². The molecule has 0 aliphatic carbocycles. The minimum Gasteiger partial charge on any atom is -0.459 e. The molecule has 0 saturated heterocycles. The van der Waals surface area contributed by atoms with E-state index in [1.807, 2.05) is 58.0 Å². The Morgan fingerprint density at radius 1 is 1.22 bits per heavy atom. The Hall–Kier alpha value is -3.02. The Kier molecular flexibility index (Phi) is 5.08. The van der Waals surface area contributed by atoms with Crippen LogP contribution in [-0.4, -0.2) is 28.6 Å². The first kappa shape index (κ1) is 18.8. The van der Waals surface area contributed by atoms with Gasteiger partial charge in [0.25, 0.3) is 0 Å². The molecule has 0 aliphatic heterocycles. The molecule has 0 atom stereocenters. The maximum atomic E-state index is 12.2. The fraction of sp³-hybridized carbons (Fsp3) is 0.333. The second-order valence-corrected chi connectivity index (χ2v) is 7.41. The van der Waals surface area contributed by atoms with Crippen LogP contribution in [-0.2, 0) is 11.3 Å². The predicted octanol–water partition coefficient (Wildman–Crippen LogP) is 5.30. The largest absolute Gasteiger partial charge is 0.459 e. The number of ether oxygens (including phenoxy) is 2. The number of hydrogen-bond acceptors (Lipinski definition) is 5. The molecular formula is C21H24N2O4. The van der Waals surface area contributed by atoms with Gasteiger partial charge in [0, 0.05) is 18.8 Å². The number of furan rings is 1. The van der Waals surface area contributed by atoms with Crippen molar-refractivity contribution in [1.82, 2.24) is 9.88 Å². The molecule has 6 nitrogen and oxygen atoms in total. The van der Waals surface area contributed by atoms with Crippen molar-refractivity contribution in [2.24, 2.45) is 0 Å². The van der Waals surface area contributed by atoms with E-state index in [2.05, 4.69) is 4.98 Å². The summed E-state index contributed by atoms with van der Waals surface area (Å²) in [6.07, 6.45) is 2.96. The van der Waals surface area contributed by atoms with E-state index in [0.717, 1.165) is 10.9 Å². The first-order valence-corrected chi connectivity index (χ1v) is 8.77. The topological polar surface area (TPSA) is 64.8 Å². The van der Waals surface area contributed by atoms with Gasteiger partial charge in [-0.25, -0.2) is 4.79 Å². The molecule has 142 valence electrons. The van der Waals surface area contributed by atoms with Crippen molar-refractivity contribution in [3.63, 3.8) is 0 Å². The van der Waals surface area contributed by atoms with Crippen LogP contribution in [0.1, 0.15) is 32.1 Å². The Labute approximate surface area is 158 Å². The van der Waals surface area contributed by atoms with Gasteiger partial charge in [0.15, 0.2) is 0 Å². The van der Waals surface area contributed by atoms with Crippen LogP contribution in [0.15, 0.2) is 47.1 Å². The molecular weight excluding hydrogens is 344 g/mol. The average molecular weight is 368 g/mol. The van der Waals surface area contributed by atoms with Gasteiger partial charge in [-0.05, 0) is 52.0 Å². The summed E-state index contributed by atoms with van der Waals surface area (Å²) in [4.78, 5) is 17.8. The molecule has 1 amide bonds. The van der Waals surface area contributed by atoms with Crippen molar-refractivity contribution in [2.45, 2.75) is 39.8 Å². The summed E-state index contributed by atoms with van der Waals surface area (Å²) in [5.74, 6) is 2.03. The van der Waals surface area contributed by atoms with Crippen LogP contribution in [0.4, 0.5) is 4.79 Å². The normalized spacial score (nSPS) is 11.4. The van der Waals surface area contributed by atoms with Gasteiger partial charge in [0.1, 0.15) is 28.4 Å². The summed E-state index contributed by atoms with van der Waals surface area (Å²) in [6.45, 7) is 7.79. The number of nitrogens with zero attached hydrogens (tertiary/aromatic N) is 2. The smallest absolute Gasteiger partial charge is 0.410 e. The molecule has 2 heterocycles. The van der Waals surface area contributed by atoms with E-state index in [9.17, 15) is 4.79 Å². The first-order valence-electron chi connectivity index (χ1n) is 8.77. The molecule has 0 fully saturated rings. The number of benzene rings is 1. The molecule has 0 N–H and O–H groups in total. The van der Waals surface area contributed by atoms with Crippen molar-refractivity contribution in [3.8, 4) is 11.5 Å². The van der Waals surface area contributed by atoms with Crippen LogP contribution >= 0.6 is 0 Å². The van der Waals surface area contributed by atoms with Crippen molar-refractivity contribution in [1.29, 1.82) is 0 Å². The number of hydrogen-bond donors (Lipinski definition) is 0. The van der Waals surface area contributed by atoms with Crippen LogP contribution in [0.2, 0.25) is 0 Å². The molecule has 0 spiro atoms. The van der Waals surface area contributed by atoms with E-state index in [0.29, 0.717) is 29.4 Å². The minimum absolute atomic E-state index is 0.307. The number of aryl methyl sites for hydroxylation is 1. The van der Waals surface area contributed by atoms with E-state index >= 15 is 0 Å². The second kappa shape index (κ2) is 7.31. The molecule has 0 bridgehead atoms. The highest BCUT2D eigenvalue weighted by molar-refractivity contribution is 5.88. The molecule has 0 unspecified atom stereocenters. The van der Waals surface area contributed by atoms with E-state index < -0.39 is 11.7 Å². The van der Waals surface area contributed by atoms with Crippen LogP contribution in [0.25, 0.3) is 11.0 Å². The fourth-order valence-corrected chi connectivity index (χ4v) is 2.70. The molecule has 1 aromatic carbocycles. The predicted molar refractivity (Wildman–Crippen MR) is 103 cm³/mol. The Morgan fingerprint density at radius 2 is 2.00 bits per heavy atom. The highest BCUT2D eigenvalue weighted by atomic mass is 16.6. The first-order chi connectivity index (χ1) is 12.7. The van der Waals surface area contributed by atoms with Gasteiger partial charge in [-0.3, -0.25) is 4.98 Å². The number of pyridine rings is 1. The van der Waals surface area contributed by atoms with Gasteiger partial charge < -0.3 is 18.8 Å². The van der Waals surface area contributed by atoms with Gasteiger partial charge in [-0.2, -0.15) is 0 Å². The lowest BCUT2D eigenvalue weighted by Crippen LogP contribution is -2.33. The summed E-state index contributed by atoms with van der Waals surface area (Å²) in [5, 5.41) is 0.883. The lowest BCUT2D eigenvalue weighted by Gasteiger charge is -2.24. The summed E-state index contributed by atoms with van der Waals surface area (Å²) >= 11 is 0. The summed E-state index contributed by atoms with van der Waals surface area (Å²) in [6, 6.07) is 9.31. The van der Waals surface area contributed by atoms with Gasteiger partial charge in [-0.15, -0.1) is 0 Å². The minimum atomic E-state index is -0.543. The van der Waals surface area contributed by atoms with Gasteiger partial charge in [0.2, 0.25) is 0 Å². The van der Waals surface area contributed by atoms with Crippen LogP contribution in [0.3, 0.4) is 0 Å². The number of carbonyl (C=O) groups excluding carboxylic acids is 1. The lowest BCUT2D eigenvalue weighted by molar-refractivity contribution is 0.0275. The maximum Gasteiger partial charge on any atom is 0.410 e. The quantitative estimate of drug-likeness (QED) is 0.625. The maximum absolute atomic E-state index is 12.2. The van der Waals surface area contributed by atoms with E-state index in [-0.39, 0.29) is 0 Å². The third-order valence-electron chi connectivity index (χ3n) is 3.96. The molecule has 0 radical (unpaired) electrons. The van der Waals surface area contributed by atoms with Crippen molar-refractivity contribution in [2.75, 3.05) is 7.05 Å². The molecule has 0 aliphatic rings. The summed E-state index contributed by atoms with van der Waals surface area (Å²) in [7, 11) is 1.69. The van der Waals surface area contributed by atoms with Crippen molar-refractivity contribution < 1.29 is 18.7 Å². The number of rotatable bonds is 4. The SMILES string of the molecule is Cc1c(CN(C)C(=O)OC(C)(C)C)oc2cccc(Oc3cccnc3)c12. The standard InChI is InChI=1S/C21H24N2O4/c1-14-18(13-23(5)20(24)27-21(2,3)4)26-17-10-6-9-16(19(14)17)25-15-8-7-11-22-12-15/h6-12H,13H2,1-5H3. The van der Waals surface area contributed by atoms with Crippen LogP contribution < -0.4 is 4.74 Å². The van der Waals surface area contributed by atoms with Crippen LogP contribution in [0.5, 0.6) is 11.5 Å². The average Bonchev–Trinajstić information content (AvgIpc) is 2.91. The number of carbonyl (C=O) groups is 1. The number of aromatic nitrogens is 1. The molecule has 2 aromatic heterocycles. The molecule has 6 heteroatoms. The third-order valence-corrected chi connectivity index (χ3v) is 3.96. The Balaban J connectivity index is 1.87. The third kappa shape index (κ3) is 4.39. The van der Waals surface area contributed by atoms with Gasteiger partial charge in [0.05, 0.1) is 18.1 Å². The fourth-order valence-electron chi connectivity index (χ4n) is 2.70. The number of fused-ring (bicyclic) bond motifs is 1. The highest BCUT2D eigenvalue weighted by Crippen LogP contribution is 2.35. The zero-order valence-corrected chi connectivity index (χ0v) is 16.3. The van der Waals surface area contributed by atoms with E-state index in [1.54, 1.807) is 19.4 Å². The summed E-state index contributed by atoms with van der Waals surface area (Å²) in [5.41, 5.74) is 1.10. The van der Waals surface area contributed by atoms with E-state index in [4.69, 9.17) is 13.9 Å². The van der Waals surface area contributed by atoms with E-state index in [1.165, 1.54) is 4.90 Å². The van der Waals surface area contributed by atoms with Gasteiger partial charge >= 0.3 is 6.09 Å². The second-order valence-electron chi connectivity index (χ2n) is 7.41. The lowest BCUT2D eigenvalue weighted by atomic mass is 10.1. The Bertz CT molecular complexity index is 942. The molecule has 0 saturated carbocycles. The Morgan fingerprint density at radius 3 is 2.67 bits per heavy atom. The number of amides is 1. The van der Waals surface area contributed by atoms with Crippen molar-refractivity contribution in [3.05, 3.63) is 54.0 Å². The molecule has 3 rings (SSSR count). The van der Waals surface area contributed by atoms with Crippen LogP contribution in [0, 0.1) is 6.92 Å². The molecule has 27 heavy (non-hydrogen) atoms.